The number of halogens is 1. The molecule has 0 aliphatic carbocycles. The van der Waals surface area contributed by atoms with Crippen LogP contribution in [0.15, 0.2) is 110 Å². The molecule has 44 heavy (non-hydrogen) atoms. The number of hydrogen-bond acceptors (Lipinski definition) is 6. The van der Waals surface area contributed by atoms with Crippen molar-refractivity contribution in [3.8, 4) is 34.1 Å². The van der Waals surface area contributed by atoms with Crippen molar-refractivity contribution in [2.24, 2.45) is 0 Å². The third-order valence-electron chi connectivity index (χ3n) is 7.17. The largest absolute Gasteiger partial charge is 0.439 e. The Morgan fingerprint density at radius 3 is 1.70 bits per heavy atom. The molecule has 0 amide bonds. The fourth-order valence-corrected chi connectivity index (χ4v) is 4.70. The number of nitrogens with zero attached hydrogens (tertiary/aromatic N) is 5. The molecule has 0 spiro atoms. The summed E-state index contributed by atoms with van der Waals surface area (Å²) in [6, 6.07) is 30.3. The van der Waals surface area contributed by atoms with Crippen LogP contribution in [0.5, 0.6) is 11.6 Å². The maximum atomic E-state index is 5.94. The molecule has 0 radical (unpaired) electrons. The summed E-state index contributed by atoms with van der Waals surface area (Å²) in [5.74, 6) is 1.21. The maximum absolute atomic E-state index is 5.94. The summed E-state index contributed by atoms with van der Waals surface area (Å²) in [6.07, 6.45) is 4.78. The standard InChI is InChI=1S/C23H21N3O.C14H15ClN2/c1-23(2,3)18-9-6-17(7-10-18)21-14-22(26-15-25-21)27-19-11-8-16-5-4-12-24-20(16)13-19;1-14(2,3)11-6-4-10(5-7-11)12-8-13(15)17-9-16-12/h4-15H,1-3H3;4-9H,1-3H3. The lowest BCUT2D eigenvalue weighted by Crippen LogP contribution is -2.10. The number of hydrogen-bond donors (Lipinski definition) is 0. The Balaban J connectivity index is 0.000000195. The molecule has 0 fully saturated rings. The van der Waals surface area contributed by atoms with Gasteiger partial charge < -0.3 is 4.74 Å². The first kappa shape index (κ1) is 30.8. The Morgan fingerprint density at radius 2 is 1.14 bits per heavy atom. The highest BCUT2D eigenvalue weighted by Crippen LogP contribution is 2.29. The van der Waals surface area contributed by atoms with Gasteiger partial charge in [0.1, 0.15) is 23.6 Å². The van der Waals surface area contributed by atoms with Gasteiger partial charge >= 0.3 is 0 Å². The van der Waals surface area contributed by atoms with Gasteiger partial charge in [-0.05, 0) is 40.2 Å². The van der Waals surface area contributed by atoms with Gasteiger partial charge in [0.15, 0.2) is 0 Å². The molecule has 6 aromatic rings. The van der Waals surface area contributed by atoms with Crippen molar-refractivity contribution < 1.29 is 4.74 Å². The molecule has 3 heterocycles. The lowest BCUT2D eigenvalue weighted by Gasteiger charge is -2.19. The van der Waals surface area contributed by atoms with E-state index in [1.165, 1.54) is 23.8 Å². The van der Waals surface area contributed by atoms with E-state index in [-0.39, 0.29) is 10.8 Å². The van der Waals surface area contributed by atoms with Crippen LogP contribution < -0.4 is 4.74 Å². The average Bonchev–Trinajstić information content (AvgIpc) is 3.01. The molecule has 0 saturated heterocycles. The maximum Gasteiger partial charge on any atom is 0.222 e. The minimum Gasteiger partial charge on any atom is -0.439 e. The number of pyridine rings is 1. The van der Waals surface area contributed by atoms with Crippen molar-refractivity contribution in [3.05, 3.63) is 126 Å². The lowest BCUT2D eigenvalue weighted by molar-refractivity contribution is 0.462. The molecule has 0 saturated carbocycles. The van der Waals surface area contributed by atoms with Gasteiger partial charge in [-0.25, -0.2) is 19.9 Å². The second kappa shape index (κ2) is 12.9. The zero-order valence-electron chi connectivity index (χ0n) is 25.9. The van der Waals surface area contributed by atoms with Crippen LogP contribution in [0.3, 0.4) is 0 Å². The van der Waals surface area contributed by atoms with E-state index < -0.39 is 0 Å². The summed E-state index contributed by atoms with van der Waals surface area (Å²) in [5.41, 5.74) is 7.57. The van der Waals surface area contributed by atoms with E-state index in [0.29, 0.717) is 16.8 Å². The summed E-state index contributed by atoms with van der Waals surface area (Å²) in [7, 11) is 0. The summed E-state index contributed by atoms with van der Waals surface area (Å²) in [6.45, 7) is 13.2. The first-order valence-electron chi connectivity index (χ1n) is 14.5. The van der Waals surface area contributed by atoms with E-state index in [9.17, 15) is 0 Å². The normalized spacial score (nSPS) is 11.5. The first-order valence-corrected chi connectivity index (χ1v) is 14.9. The fraction of sp³-hybridized carbons (Fsp3) is 0.216. The van der Waals surface area contributed by atoms with Crippen molar-refractivity contribution in [1.29, 1.82) is 0 Å². The van der Waals surface area contributed by atoms with Crippen LogP contribution in [0.25, 0.3) is 33.4 Å². The molecule has 0 atom stereocenters. The molecule has 0 aliphatic rings. The van der Waals surface area contributed by atoms with Crippen LogP contribution in [0, 0.1) is 0 Å². The molecular weight excluding hydrogens is 566 g/mol. The molecule has 3 aromatic heterocycles. The molecule has 222 valence electrons. The van der Waals surface area contributed by atoms with Crippen molar-refractivity contribution in [2.75, 3.05) is 0 Å². The van der Waals surface area contributed by atoms with Gasteiger partial charge in [-0.2, -0.15) is 0 Å². The van der Waals surface area contributed by atoms with E-state index in [1.54, 1.807) is 12.3 Å². The second-order valence-electron chi connectivity index (χ2n) is 12.6. The highest BCUT2D eigenvalue weighted by molar-refractivity contribution is 6.29. The third kappa shape index (κ3) is 7.82. The molecule has 6 rings (SSSR count). The molecule has 6 nitrogen and oxygen atoms in total. The van der Waals surface area contributed by atoms with E-state index in [0.717, 1.165) is 33.4 Å². The topological polar surface area (TPSA) is 73.7 Å². The minimum atomic E-state index is 0.128. The number of aromatic nitrogens is 5. The first-order chi connectivity index (χ1) is 21.0. The zero-order valence-corrected chi connectivity index (χ0v) is 26.7. The number of benzene rings is 3. The van der Waals surface area contributed by atoms with Crippen molar-refractivity contribution in [1.82, 2.24) is 24.9 Å². The van der Waals surface area contributed by atoms with Crippen LogP contribution >= 0.6 is 11.6 Å². The predicted octanol–water partition coefficient (Wildman–Crippen LogP) is 9.88. The highest BCUT2D eigenvalue weighted by atomic mass is 35.5. The third-order valence-corrected chi connectivity index (χ3v) is 7.38. The van der Waals surface area contributed by atoms with Gasteiger partial charge in [0.25, 0.3) is 0 Å². The summed E-state index contributed by atoms with van der Waals surface area (Å²) in [4.78, 5) is 21.1. The number of ether oxygens (including phenoxy) is 1. The van der Waals surface area contributed by atoms with Crippen LogP contribution in [-0.2, 0) is 10.8 Å². The Bertz CT molecular complexity index is 1860. The molecule has 0 aliphatic heterocycles. The molecule has 0 bridgehead atoms. The summed E-state index contributed by atoms with van der Waals surface area (Å²) < 4.78 is 5.94. The molecular formula is C37H36ClN5O. The molecule has 3 aromatic carbocycles. The van der Waals surface area contributed by atoms with Gasteiger partial charge in [0, 0.05) is 40.9 Å². The minimum absolute atomic E-state index is 0.128. The lowest BCUT2D eigenvalue weighted by atomic mass is 9.86. The summed E-state index contributed by atoms with van der Waals surface area (Å²) >= 11 is 5.85. The van der Waals surface area contributed by atoms with Gasteiger partial charge in [0.05, 0.1) is 16.9 Å². The predicted molar refractivity (Wildman–Crippen MR) is 179 cm³/mol. The van der Waals surface area contributed by atoms with E-state index in [2.05, 4.69) is 115 Å². The second-order valence-corrected chi connectivity index (χ2v) is 13.0. The molecule has 0 unspecified atom stereocenters. The Hall–Kier alpha value is -4.68. The van der Waals surface area contributed by atoms with Crippen LogP contribution in [0.2, 0.25) is 5.15 Å². The average molecular weight is 602 g/mol. The van der Waals surface area contributed by atoms with Crippen LogP contribution in [0.1, 0.15) is 52.7 Å². The monoisotopic (exact) mass is 601 g/mol. The van der Waals surface area contributed by atoms with E-state index in [4.69, 9.17) is 16.3 Å². The quantitative estimate of drug-likeness (QED) is 0.187. The van der Waals surface area contributed by atoms with Crippen LogP contribution in [0.4, 0.5) is 0 Å². The van der Waals surface area contributed by atoms with Gasteiger partial charge in [-0.15, -0.1) is 0 Å². The van der Waals surface area contributed by atoms with Crippen molar-refractivity contribution in [2.45, 2.75) is 52.4 Å². The number of fused-ring (bicyclic) bond motifs is 1. The van der Waals surface area contributed by atoms with E-state index in [1.807, 2.05) is 36.4 Å². The van der Waals surface area contributed by atoms with Crippen molar-refractivity contribution in [3.63, 3.8) is 0 Å². The molecule has 0 N–H and O–H groups in total. The molecule has 7 heteroatoms. The van der Waals surface area contributed by atoms with Crippen molar-refractivity contribution >= 4 is 22.5 Å². The van der Waals surface area contributed by atoms with Gasteiger partial charge in [-0.1, -0.05) is 108 Å². The van der Waals surface area contributed by atoms with Crippen LogP contribution in [-0.4, -0.2) is 24.9 Å². The SMILES string of the molecule is CC(C)(C)c1ccc(-c2cc(Cl)ncn2)cc1.CC(C)(C)c1ccc(-c2cc(Oc3ccc4cccnc4c3)ncn2)cc1. The smallest absolute Gasteiger partial charge is 0.222 e. The fourth-order valence-electron chi connectivity index (χ4n) is 4.56. The highest BCUT2D eigenvalue weighted by Gasteiger charge is 2.14. The van der Waals surface area contributed by atoms with E-state index >= 15 is 0 Å². The zero-order chi connectivity index (χ0) is 31.3. The Labute approximate surface area is 264 Å². The Kier molecular flexibility index (Phi) is 9.02. The van der Waals surface area contributed by atoms with Gasteiger partial charge in [-0.3, -0.25) is 4.98 Å². The van der Waals surface area contributed by atoms with Gasteiger partial charge in [0.2, 0.25) is 5.88 Å². The summed E-state index contributed by atoms with van der Waals surface area (Å²) in [5, 5.41) is 1.54. The Morgan fingerprint density at radius 1 is 0.568 bits per heavy atom. The number of rotatable bonds is 4.